The van der Waals surface area contributed by atoms with E-state index in [1.54, 1.807) is 7.11 Å². The van der Waals surface area contributed by atoms with E-state index in [9.17, 15) is 4.79 Å². The fourth-order valence-electron chi connectivity index (χ4n) is 1.36. The van der Waals surface area contributed by atoms with Crippen molar-refractivity contribution in [1.82, 2.24) is 15.1 Å². The summed E-state index contributed by atoms with van der Waals surface area (Å²) in [5.41, 5.74) is 0.129. The lowest BCUT2D eigenvalue weighted by Crippen LogP contribution is -2.28. The summed E-state index contributed by atoms with van der Waals surface area (Å²) in [6, 6.07) is 1.42. The molecule has 0 aliphatic rings. The van der Waals surface area contributed by atoms with E-state index >= 15 is 0 Å². The van der Waals surface area contributed by atoms with Crippen LogP contribution in [0, 0.1) is 0 Å². The number of carboxylic acids is 1. The molecule has 0 radical (unpaired) electrons. The number of rotatable bonds is 8. The molecule has 0 fully saturated rings. The highest BCUT2D eigenvalue weighted by Gasteiger charge is 2.10. The molecular weight excluding hydrogens is 236 g/mol. The van der Waals surface area contributed by atoms with Crippen LogP contribution in [0.25, 0.3) is 0 Å². The third-order valence-electron chi connectivity index (χ3n) is 2.41. The van der Waals surface area contributed by atoms with Crippen LogP contribution in [0.1, 0.15) is 10.4 Å². The molecule has 1 heterocycles. The average Bonchev–Trinajstić information content (AvgIpc) is 2.36. The van der Waals surface area contributed by atoms with E-state index < -0.39 is 5.97 Å². The number of nitrogens with zero attached hydrogens (tertiary/aromatic N) is 3. The third-order valence-corrected chi connectivity index (χ3v) is 2.41. The molecule has 0 atom stereocenters. The number of methoxy groups -OCH3 is 1. The Kier molecular flexibility index (Phi) is 6.03. The van der Waals surface area contributed by atoms with E-state index in [1.165, 1.54) is 12.3 Å². The van der Waals surface area contributed by atoms with Crippen LogP contribution in [0.4, 0.5) is 5.82 Å². The fourth-order valence-corrected chi connectivity index (χ4v) is 1.36. The van der Waals surface area contributed by atoms with Crippen molar-refractivity contribution in [2.24, 2.45) is 0 Å². The first-order valence-electron chi connectivity index (χ1n) is 5.61. The van der Waals surface area contributed by atoms with Gasteiger partial charge < -0.3 is 20.1 Å². The van der Waals surface area contributed by atoms with Crippen molar-refractivity contribution in [2.45, 2.75) is 0 Å². The molecule has 100 valence electrons. The SMILES string of the molecule is COCCN(C)CCNc1nnccc1C(=O)O. The summed E-state index contributed by atoms with van der Waals surface area (Å²) in [5, 5.41) is 19.4. The first-order valence-corrected chi connectivity index (χ1v) is 5.61. The lowest BCUT2D eigenvalue weighted by molar-refractivity contribution is 0.0697. The van der Waals surface area contributed by atoms with Gasteiger partial charge in [-0.15, -0.1) is 5.10 Å². The highest BCUT2D eigenvalue weighted by atomic mass is 16.5. The highest BCUT2D eigenvalue weighted by molar-refractivity contribution is 5.92. The molecule has 2 N–H and O–H groups in total. The second-order valence-electron chi connectivity index (χ2n) is 3.82. The number of hydrogen-bond acceptors (Lipinski definition) is 6. The molecule has 0 unspecified atom stereocenters. The summed E-state index contributed by atoms with van der Waals surface area (Å²) in [5.74, 6) is -0.717. The van der Waals surface area contributed by atoms with Crippen LogP contribution in [-0.2, 0) is 4.74 Å². The summed E-state index contributed by atoms with van der Waals surface area (Å²) in [6.07, 6.45) is 1.36. The minimum atomic E-state index is -1.01. The Labute approximate surface area is 106 Å². The quantitative estimate of drug-likeness (QED) is 0.683. The number of hydrogen-bond donors (Lipinski definition) is 2. The molecule has 0 saturated heterocycles. The minimum Gasteiger partial charge on any atom is -0.478 e. The van der Waals surface area contributed by atoms with Crippen LogP contribution in [0.2, 0.25) is 0 Å². The van der Waals surface area contributed by atoms with Crippen LogP contribution < -0.4 is 5.32 Å². The van der Waals surface area contributed by atoms with Crippen molar-refractivity contribution in [1.29, 1.82) is 0 Å². The topological polar surface area (TPSA) is 87.6 Å². The van der Waals surface area contributed by atoms with Crippen molar-refractivity contribution in [3.63, 3.8) is 0 Å². The summed E-state index contributed by atoms with van der Waals surface area (Å²) < 4.78 is 4.97. The monoisotopic (exact) mass is 254 g/mol. The van der Waals surface area contributed by atoms with Gasteiger partial charge in [0.05, 0.1) is 12.8 Å². The number of likely N-dealkylation sites (N-methyl/N-ethyl adjacent to an activating group) is 1. The van der Waals surface area contributed by atoms with Crippen LogP contribution >= 0.6 is 0 Å². The van der Waals surface area contributed by atoms with Gasteiger partial charge in [-0.1, -0.05) is 0 Å². The van der Waals surface area contributed by atoms with E-state index in [1.807, 2.05) is 7.05 Å². The first kappa shape index (κ1) is 14.3. The molecule has 7 nitrogen and oxygen atoms in total. The van der Waals surface area contributed by atoms with Gasteiger partial charge in [0.2, 0.25) is 0 Å². The van der Waals surface area contributed by atoms with E-state index in [0.717, 1.165) is 13.1 Å². The van der Waals surface area contributed by atoms with Crippen molar-refractivity contribution < 1.29 is 14.6 Å². The Bertz CT molecular complexity index is 386. The largest absolute Gasteiger partial charge is 0.478 e. The van der Waals surface area contributed by atoms with Crippen LogP contribution in [0.15, 0.2) is 12.3 Å². The van der Waals surface area contributed by atoms with Gasteiger partial charge in [-0.25, -0.2) is 4.79 Å². The van der Waals surface area contributed by atoms with Gasteiger partial charge in [0.25, 0.3) is 0 Å². The lowest BCUT2D eigenvalue weighted by Gasteiger charge is -2.16. The van der Waals surface area contributed by atoms with Crippen LogP contribution in [0.5, 0.6) is 0 Å². The molecule has 1 aromatic rings. The van der Waals surface area contributed by atoms with Crippen LogP contribution in [-0.4, -0.2) is 66.6 Å². The van der Waals surface area contributed by atoms with Crippen molar-refractivity contribution in [3.05, 3.63) is 17.8 Å². The molecule has 0 aromatic carbocycles. The Balaban J connectivity index is 2.41. The maximum atomic E-state index is 10.9. The van der Waals surface area contributed by atoms with Crippen LogP contribution in [0.3, 0.4) is 0 Å². The zero-order chi connectivity index (χ0) is 13.4. The second-order valence-corrected chi connectivity index (χ2v) is 3.82. The van der Waals surface area contributed by atoms with E-state index in [4.69, 9.17) is 9.84 Å². The predicted molar refractivity (Wildman–Crippen MR) is 66.9 cm³/mol. The standard InChI is InChI=1S/C11H18N4O3/c1-15(7-8-18-2)6-5-12-10-9(11(16)17)3-4-13-14-10/h3-4H,5-8H2,1-2H3,(H,12,14)(H,16,17). The Morgan fingerprint density at radius 1 is 1.56 bits per heavy atom. The number of ether oxygens (including phenoxy) is 1. The van der Waals surface area contributed by atoms with Gasteiger partial charge in [-0.3, -0.25) is 0 Å². The molecular formula is C11H18N4O3. The van der Waals surface area contributed by atoms with Gasteiger partial charge in [0.1, 0.15) is 5.56 Å². The average molecular weight is 254 g/mol. The zero-order valence-electron chi connectivity index (χ0n) is 10.6. The Morgan fingerprint density at radius 3 is 3.00 bits per heavy atom. The third kappa shape index (κ3) is 4.64. The number of aromatic nitrogens is 2. The number of carboxylic acid groups (broad SMARTS) is 1. The van der Waals surface area contributed by atoms with Gasteiger partial charge >= 0.3 is 5.97 Å². The molecule has 0 amide bonds. The Hall–Kier alpha value is -1.73. The van der Waals surface area contributed by atoms with E-state index in [2.05, 4.69) is 20.4 Å². The molecule has 1 rings (SSSR count). The number of nitrogens with one attached hydrogen (secondary N) is 1. The first-order chi connectivity index (χ1) is 8.65. The van der Waals surface area contributed by atoms with Crippen molar-refractivity contribution in [3.8, 4) is 0 Å². The molecule has 1 aromatic heterocycles. The number of anilines is 1. The van der Waals surface area contributed by atoms with Gasteiger partial charge in [-0.05, 0) is 13.1 Å². The lowest BCUT2D eigenvalue weighted by atomic mass is 10.3. The second kappa shape index (κ2) is 7.57. The van der Waals surface area contributed by atoms with Gasteiger partial charge in [0.15, 0.2) is 5.82 Å². The smallest absolute Gasteiger partial charge is 0.339 e. The van der Waals surface area contributed by atoms with E-state index in [-0.39, 0.29) is 5.56 Å². The molecule has 0 saturated carbocycles. The molecule has 0 aliphatic heterocycles. The normalized spacial score (nSPS) is 10.6. The molecule has 18 heavy (non-hydrogen) atoms. The van der Waals surface area contributed by atoms with Crippen molar-refractivity contribution >= 4 is 11.8 Å². The number of aromatic carboxylic acids is 1. The number of carbonyl (C=O) groups is 1. The summed E-state index contributed by atoms with van der Waals surface area (Å²) in [7, 11) is 3.63. The Morgan fingerprint density at radius 2 is 2.33 bits per heavy atom. The molecule has 0 spiro atoms. The fraction of sp³-hybridized carbons (Fsp3) is 0.545. The molecule has 0 aliphatic carbocycles. The van der Waals surface area contributed by atoms with Gasteiger partial charge in [-0.2, -0.15) is 5.10 Å². The molecule has 0 bridgehead atoms. The zero-order valence-corrected chi connectivity index (χ0v) is 10.6. The summed E-state index contributed by atoms with van der Waals surface area (Å²) in [6.45, 7) is 2.85. The van der Waals surface area contributed by atoms with Gasteiger partial charge in [0, 0.05) is 26.7 Å². The predicted octanol–water partition coefficient (Wildman–Crippen LogP) is 0.165. The maximum absolute atomic E-state index is 10.9. The summed E-state index contributed by atoms with van der Waals surface area (Å²) in [4.78, 5) is 13.0. The minimum absolute atomic E-state index is 0.129. The maximum Gasteiger partial charge on any atom is 0.339 e. The molecule has 7 heteroatoms. The van der Waals surface area contributed by atoms with E-state index in [0.29, 0.717) is 19.0 Å². The van der Waals surface area contributed by atoms with Crippen molar-refractivity contribution in [2.75, 3.05) is 45.7 Å². The highest BCUT2D eigenvalue weighted by Crippen LogP contribution is 2.09. The summed E-state index contributed by atoms with van der Waals surface area (Å²) >= 11 is 0.